The third kappa shape index (κ3) is 5.45. The van der Waals surface area contributed by atoms with Crippen LogP contribution in [0.3, 0.4) is 0 Å². The summed E-state index contributed by atoms with van der Waals surface area (Å²) >= 11 is 0. The van der Waals surface area contributed by atoms with Crippen LogP contribution in [0.2, 0.25) is 0 Å². The summed E-state index contributed by atoms with van der Waals surface area (Å²) in [6, 6.07) is 5.24. The van der Waals surface area contributed by atoms with Gasteiger partial charge in [0.25, 0.3) is 5.69 Å². The lowest BCUT2D eigenvalue weighted by atomic mass is 10.2. The molecule has 0 radical (unpaired) electrons. The van der Waals surface area contributed by atoms with E-state index in [1.54, 1.807) is 6.07 Å². The van der Waals surface area contributed by atoms with Crippen LogP contribution < -0.4 is 10.6 Å². The SMILES string of the molecule is COC(CNC(=O)NCc1cccc([N+](=O)[O-])c1)C(=O)O. The molecule has 0 fully saturated rings. The van der Waals surface area contributed by atoms with Gasteiger partial charge in [0.1, 0.15) is 0 Å². The normalized spacial score (nSPS) is 11.5. The predicted octanol–water partition coefficient (Wildman–Crippen LogP) is 0.494. The van der Waals surface area contributed by atoms with Crippen LogP contribution in [-0.2, 0) is 16.1 Å². The maximum absolute atomic E-state index is 11.5. The lowest BCUT2D eigenvalue weighted by Gasteiger charge is -2.12. The van der Waals surface area contributed by atoms with E-state index in [9.17, 15) is 19.7 Å². The summed E-state index contributed by atoms with van der Waals surface area (Å²) in [7, 11) is 1.22. The number of ether oxygens (including phenoxy) is 1. The highest BCUT2D eigenvalue weighted by Gasteiger charge is 2.16. The molecule has 1 aromatic rings. The standard InChI is InChI=1S/C12H15N3O6/c1-21-10(11(16)17)7-14-12(18)13-6-8-3-2-4-9(5-8)15(19)20/h2-5,10H,6-7H2,1H3,(H,16,17)(H2,13,14,18). The minimum atomic E-state index is -1.18. The molecule has 1 aromatic carbocycles. The van der Waals surface area contributed by atoms with Crippen LogP contribution in [0.5, 0.6) is 0 Å². The Balaban J connectivity index is 2.44. The lowest BCUT2D eigenvalue weighted by molar-refractivity contribution is -0.384. The monoisotopic (exact) mass is 297 g/mol. The molecular weight excluding hydrogens is 282 g/mol. The van der Waals surface area contributed by atoms with Crippen LogP contribution in [-0.4, -0.2) is 41.8 Å². The fourth-order valence-electron chi connectivity index (χ4n) is 1.48. The van der Waals surface area contributed by atoms with E-state index in [1.165, 1.54) is 25.3 Å². The van der Waals surface area contributed by atoms with Gasteiger partial charge in [-0.2, -0.15) is 0 Å². The zero-order valence-corrected chi connectivity index (χ0v) is 11.2. The number of aliphatic carboxylic acids is 1. The van der Waals surface area contributed by atoms with Crippen molar-refractivity contribution in [2.24, 2.45) is 0 Å². The number of hydrogen-bond donors (Lipinski definition) is 3. The van der Waals surface area contributed by atoms with Crippen molar-refractivity contribution in [1.29, 1.82) is 0 Å². The van der Waals surface area contributed by atoms with Gasteiger partial charge >= 0.3 is 12.0 Å². The molecule has 0 heterocycles. The maximum atomic E-state index is 11.5. The lowest BCUT2D eigenvalue weighted by Crippen LogP contribution is -2.42. The van der Waals surface area contributed by atoms with E-state index >= 15 is 0 Å². The number of carbonyl (C=O) groups is 2. The number of methoxy groups -OCH3 is 1. The van der Waals surface area contributed by atoms with Crippen molar-refractivity contribution in [3.8, 4) is 0 Å². The molecule has 0 aliphatic carbocycles. The Labute approximate surface area is 120 Å². The number of carboxylic acids is 1. The van der Waals surface area contributed by atoms with Gasteiger partial charge < -0.3 is 20.5 Å². The van der Waals surface area contributed by atoms with Gasteiger partial charge in [0, 0.05) is 25.8 Å². The fraction of sp³-hybridized carbons (Fsp3) is 0.333. The molecule has 0 spiro atoms. The minimum absolute atomic E-state index is 0.0694. The Morgan fingerprint density at radius 2 is 2.14 bits per heavy atom. The Kier molecular flexibility index (Phi) is 6.08. The number of hydrogen-bond acceptors (Lipinski definition) is 5. The van der Waals surface area contributed by atoms with Gasteiger partial charge in [-0.15, -0.1) is 0 Å². The summed E-state index contributed by atoms with van der Waals surface area (Å²) in [5, 5.41) is 24.1. The van der Waals surface area contributed by atoms with Crippen molar-refractivity contribution < 1.29 is 24.4 Å². The molecule has 0 saturated heterocycles. The van der Waals surface area contributed by atoms with Gasteiger partial charge in [0.05, 0.1) is 11.5 Å². The molecule has 9 nitrogen and oxygen atoms in total. The van der Waals surface area contributed by atoms with Crippen LogP contribution in [0.4, 0.5) is 10.5 Å². The molecule has 0 saturated carbocycles. The van der Waals surface area contributed by atoms with Crippen LogP contribution in [0.15, 0.2) is 24.3 Å². The van der Waals surface area contributed by atoms with E-state index < -0.39 is 23.0 Å². The quantitative estimate of drug-likeness (QED) is 0.496. The first-order valence-electron chi connectivity index (χ1n) is 5.94. The summed E-state index contributed by atoms with van der Waals surface area (Å²) in [5.41, 5.74) is 0.487. The van der Waals surface area contributed by atoms with Crippen molar-refractivity contribution >= 4 is 17.7 Å². The molecule has 9 heteroatoms. The number of nitrogens with one attached hydrogen (secondary N) is 2. The third-order valence-electron chi connectivity index (χ3n) is 2.58. The first-order valence-corrected chi connectivity index (χ1v) is 5.94. The Hall–Kier alpha value is -2.68. The smallest absolute Gasteiger partial charge is 0.334 e. The summed E-state index contributed by atoms with van der Waals surface area (Å²) in [4.78, 5) is 32.2. The third-order valence-corrected chi connectivity index (χ3v) is 2.58. The predicted molar refractivity (Wildman–Crippen MR) is 71.8 cm³/mol. The molecule has 0 bridgehead atoms. The van der Waals surface area contributed by atoms with Gasteiger partial charge in [-0.3, -0.25) is 10.1 Å². The van der Waals surface area contributed by atoms with Crippen molar-refractivity contribution in [3.63, 3.8) is 0 Å². The van der Waals surface area contributed by atoms with Crippen molar-refractivity contribution in [1.82, 2.24) is 10.6 Å². The average Bonchev–Trinajstić information content (AvgIpc) is 2.45. The van der Waals surface area contributed by atoms with E-state index in [0.29, 0.717) is 5.56 Å². The summed E-state index contributed by atoms with van der Waals surface area (Å²) < 4.78 is 4.65. The zero-order chi connectivity index (χ0) is 15.8. The highest BCUT2D eigenvalue weighted by molar-refractivity contribution is 5.76. The van der Waals surface area contributed by atoms with Gasteiger partial charge in [-0.05, 0) is 5.56 Å². The number of carboxylic acid groups (broad SMARTS) is 1. The van der Waals surface area contributed by atoms with E-state index in [1.807, 2.05) is 0 Å². The van der Waals surface area contributed by atoms with E-state index in [0.717, 1.165) is 0 Å². The van der Waals surface area contributed by atoms with E-state index in [-0.39, 0.29) is 18.8 Å². The Morgan fingerprint density at radius 1 is 1.43 bits per heavy atom. The minimum Gasteiger partial charge on any atom is -0.479 e. The topological polar surface area (TPSA) is 131 Å². The van der Waals surface area contributed by atoms with Gasteiger partial charge in [-0.1, -0.05) is 12.1 Å². The highest BCUT2D eigenvalue weighted by atomic mass is 16.6. The second-order valence-corrected chi connectivity index (χ2v) is 4.05. The number of amides is 2. The first kappa shape index (κ1) is 16.4. The Bertz CT molecular complexity index is 533. The molecule has 1 unspecified atom stereocenters. The van der Waals surface area contributed by atoms with Crippen LogP contribution in [0.25, 0.3) is 0 Å². The Morgan fingerprint density at radius 3 is 2.71 bits per heavy atom. The summed E-state index contributed by atoms with van der Waals surface area (Å²) in [6.45, 7) is -0.106. The number of non-ortho nitro benzene ring substituents is 1. The van der Waals surface area contributed by atoms with Gasteiger partial charge in [0.15, 0.2) is 6.10 Å². The number of carbonyl (C=O) groups excluding carboxylic acids is 1. The molecule has 2 amide bonds. The van der Waals surface area contributed by atoms with Crippen molar-refractivity contribution in [2.45, 2.75) is 12.6 Å². The first-order chi connectivity index (χ1) is 9.93. The summed E-state index contributed by atoms with van der Waals surface area (Å²) in [6.07, 6.45) is -1.13. The van der Waals surface area contributed by atoms with E-state index in [4.69, 9.17) is 5.11 Å². The van der Waals surface area contributed by atoms with Gasteiger partial charge in [-0.25, -0.2) is 9.59 Å². The second kappa shape index (κ2) is 7.80. The van der Waals surface area contributed by atoms with Crippen LogP contribution in [0, 0.1) is 10.1 Å². The van der Waals surface area contributed by atoms with Crippen LogP contribution >= 0.6 is 0 Å². The maximum Gasteiger partial charge on any atom is 0.334 e. The average molecular weight is 297 g/mol. The molecule has 1 rings (SSSR count). The largest absolute Gasteiger partial charge is 0.479 e. The van der Waals surface area contributed by atoms with Crippen molar-refractivity contribution in [2.75, 3.05) is 13.7 Å². The number of rotatable bonds is 7. The number of benzene rings is 1. The van der Waals surface area contributed by atoms with E-state index in [2.05, 4.69) is 15.4 Å². The van der Waals surface area contributed by atoms with Crippen molar-refractivity contribution in [3.05, 3.63) is 39.9 Å². The molecule has 1 atom stereocenters. The molecule has 3 N–H and O–H groups in total. The molecule has 0 aliphatic heterocycles. The number of nitro groups is 1. The molecule has 0 aliphatic rings. The fourth-order valence-corrected chi connectivity index (χ4v) is 1.48. The van der Waals surface area contributed by atoms with Gasteiger partial charge in [0.2, 0.25) is 0 Å². The second-order valence-electron chi connectivity index (χ2n) is 4.05. The molecular formula is C12H15N3O6. The zero-order valence-electron chi connectivity index (χ0n) is 11.2. The molecule has 114 valence electrons. The summed E-state index contributed by atoms with van der Waals surface area (Å²) in [5.74, 6) is -1.18. The van der Waals surface area contributed by atoms with Crippen LogP contribution in [0.1, 0.15) is 5.56 Å². The highest BCUT2D eigenvalue weighted by Crippen LogP contribution is 2.12. The molecule has 0 aromatic heterocycles. The number of nitro benzene ring substituents is 1. The number of nitrogens with zero attached hydrogens (tertiary/aromatic N) is 1. The molecule has 21 heavy (non-hydrogen) atoms. The number of urea groups is 1.